The Balaban J connectivity index is 0.00000288. The van der Waals surface area contributed by atoms with Crippen LogP contribution >= 0.6 is 35.3 Å². The quantitative estimate of drug-likeness (QED) is 0.418. The molecule has 0 radical (unpaired) electrons. The molecule has 8 heteroatoms. The largest absolute Gasteiger partial charge is 0.382 e. The second-order valence-electron chi connectivity index (χ2n) is 6.67. The number of morpholine rings is 1. The second-order valence-corrected chi connectivity index (χ2v) is 7.61. The fourth-order valence-electron chi connectivity index (χ4n) is 2.42. The molecule has 1 atom stereocenters. The van der Waals surface area contributed by atoms with Crippen molar-refractivity contribution in [1.29, 1.82) is 0 Å². The van der Waals surface area contributed by atoms with Crippen LogP contribution in [-0.2, 0) is 21.4 Å². The van der Waals surface area contributed by atoms with Crippen LogP contribution in [0.5, 0.6) is 0 Å². The predicted molar refractivity (Wildman–Crippen MR) is 110 cm³/mol. The average molecular weight is 468 g/mol. The molecule has 2 heterocycles. The highest BCUT2D eigenvalue weighted by atomic mass is 127. The van der Waals surface area contributed by atoms with E-state index in [1.54, 1.807) is 18.4 Å². The normalized spacial score (nSPS) is 19.1. The molecule has 1 aliphatic rings. The summed E-state index contributed by atoms with van der Waals surface area (Å²) in [6, 6.07) is 0. The zero-order valence-electron chi connectivity index (χ0n) is 15.2. The summed E-state index contributed by atoms with van der Waals surface area (Å²) in [5.74, 6) is 0.891. The molecular formula is C16H29IN4O2S. The number of rotatable bonds is 4. The third-order valence-corrected chi connectivity index (χ3v) is 4.57. The van der Waals surface area contributed by atoms with Crippen LogP contribution in [0, 0.1) is 0 Å². The smallest absolute Gasteiger partial charge is 0.194 e. The molecule has 6 nitrogen and oxygen atoms in total. The predicted octanol–water partition coefficient (Wildman–Crippen LogP) is 2.48. The fourth-order valence-corrected chi connectivity index (χ4v) is 3.38. The SMILES string of the molecule is CN=C(NCc1nc(C(C)(C)C)cs1)N1CCOC(COC)C1.I. The van der Waals surface area contributed by atoms with Gasteiger partial charge in [0.15, 0.2) is 5.96 Å². The minimum atomic E-state index is 0. The van der Waals surface area contributed by atoms with Gasteiger partial charge in [0.1, 0.15) is 5.01 Å². The van der Waals surface area contributed by atoms with E-state index in [1.807, 2.05) is 7.05 Å². The third-order valence-electron chi connectivity index (χ3n) is 3.72. The zero-order valence-corrected chi connectivity index (χ0v) is 18.3. The molecule has 1 saturated heterocycles. The van der Waals surface area contributed by atoms with Crippen LogP contribution in [0.1, 0.15) is 31.5 Å². The molecule has 0 bridgehead atoms. The third kappa shape index (κ3) is 6.12. The van der Waals surface area contributed by atoms with Crippen molar-refractivity contribution in [3.05, 3.63) is 16.1 Å². The standard InChI is InChI=1S/C16H28N4O2S.HI/c1-16(2,3)13-11-23-14(19-13)8-18-15(17-4)20-6-7-22-12(9-20)10-21-5;/h11-12H,6-10H2,1-5H3,(H,17,18);1H. The Morgan fingerprint density at radius 1 is 1.54 bits per heavy atom. The number of halogens is 1. The number of hydrogen-bond acceptors (Lipinski definition) is 5. The number of aromatic nitrogens is 1. The molecule has 0 aliphatic carbocycles. The van der Waals surface area contributed by atoms with Gasteiger partial charge in [0.25, 0.3) is 0 Å². The van der Waals surface area contributed by atoms with Gasteiger partial charge in [0.2, 0.25) is 0 Å². The highest BCUT2D eigenvalue weighted by Gasteiger charge is 2.23. The second kappa shape index (κ2) is 9.88. The number of ether oxygens (including phenoxy) is 2. The molecule has 1 fully saturated rings. The number of thiazole rings is 1. The molecule has 0 saturated carbocycles. The van der Waals surface area contributed by atoms with E-state index in [2.05, 4.69) is 41.4 Å². The van der Waals surface area contributed by atoms with Crippen molar-refractivity contribution in [3.8, 4) is 0 Å². The van der Waals surface area contributed by atoms with Gasteiger partial charge in [-0.25, -0.2) is 4.98 Å². The van der Waals surface area contributed by atoms with Crippen molar-refractivity contribution in [2.75, 3.05) is 40.5 Å². The molecule has 2 rings (SSSR count). The summed E-state index contributed by atoms with van der Waals surface area (Å²) in [6.07, 6.45) is 0.0969. The molecule has 1 aromatic heterocycles. The van der Waals surface area contributed by atoms with Gasteiger partial charge >= 0.3 is 0 Å². The summed E-state index contributed by atoms with van der Waals surface area (Å²) in [6.45, 7) is 10.2. The summed E-state index contributed by atoms with van der Waals surface area (Å²) in [4.78, 5) is 11.3. The minimum Gasteiger partial charge on any atom is -0.382 e. The van der Waals surface area contributed by atoms with Crippen LogP contribution in [0.4, 0.5) is 0 Å². The monoisotopic (exact) mass is 468 g/mol. The number of nitrogens with one attached hydrogen (secondary N) is 1. The first kappa shape index (κ1) is 21.6. The van der Waals surface area contributed by atoms with Crippen molar-refractivity contribution in [2.45, 2.75) is 38.8 Å². The molecule has 1 unspecified atom stereocenters. The Kier molecular flexibility index (Phi) is 8.89. The lowest BCUT2D eigenvalue weighted by molar-refractivity contribution is -0.0447. The first-order chi connectivity index (χ1) is 10.9. The van der Waals surface area contributed by atoms with Crippen LogP contribution < -0.4 is 5.32 Å². The van der Waals surface area contributed by atoms with E-state index in [9.17, 15) is 0 Å². The average Bonchev–Trinajstić information content (AvgIpc) is 2.98. The van der Waals surface area contributed by atoms with Crippen molar-refractivity contribution < 1.29 is 9.47 Å². The van der Waals surface area contributed by atoms with Gasteiger partial charge in [0, 0.05) is 38.0 Å². The Labute approximate surface area is 166 Å². The molecule has 1 N–H and O–H groups in total. The van der Waals surface area contributed by atoms with Crippen LogP contribution in [-0.4, -0.2) is 62.4 Å². The summed E-state index contributed by atoms with van der Waals surface area (Å²) in [7, 11) is 3.51. The lowest BCUT2D eigenvalue weighted by atomic mass is 9.93. The van der Waals surface area contributed by atoms with Gasteiger partial charge in [-0.2, -0.15) is 0 Å². The molecule has 0 aromatic carbocycles. The Morgan fingerprint density at radius 2 is 2.29 bits per heavy atom. The van der Waals surface area contributed by atoms with Gasteiger partial charge < -0.3 is 19.7 Å². The molecule has 1 aromatic rings. The van der Waals surface area contributed by atoms with Crippen LogP contribution in [0.25, 0.3) is 0 Å². The first-order valence-electron chi connectivity index (χ1n) is 7.95. The maximum atomic E-state index is 5.69. The van der Waals surface area contributed by atoms with Crippen molar-refractivity contribution in [1.82, 2.24) is 15.2 Å². The summed E-state index contributed by atoms with van der Waals surface area (Å²) in [5.41, 5.74) is 1.23. The van der Waals surface area contributed by atoms with E-state index >= 15 is 0 Å². The van der Waals surface area contributed by atoms with Crippen molar-refractivity contribution in [2.24, 2.45) is 4.99 Å². The van der Waals surface area contributed by atoms with Gasteiger partial charge in [-0.3, -0.25) is 4.99 Å². The van der Waals surface area contributed by atoms with E-state index in [0.717, 1.165) is 29.8 Å². The van der Waals surface area contributed by atoms with Gasteiger partial charge in [-0.15, -0.1) is 35.3 Å². The van der Waals surface area contributed by atoms with Crippen LogP contribution in [0.3, 0.4) is 0 Å². The van der Waals surface area contributed by atoms with Gasteiger partial charge in [0.05, 0.1) is 31.6 Å². The van der Waals surface area contributed by atoms with E-state index in [1.165, 1.54) is 0 Å². The molecule has 138 valence electrons. The topological polar surface area (TPSA) is 59.0 Å². The lowest BCUT2D eigenvalue weighted by Crippen LogP contribution is -2.51. The van der Waals surface area contributed by atoms with Crippen molar-refractivity contribution >= 4 is 41.3 Å². The highest BCUT2D eigenvalue weighted by Crippen LogP contribution is 2.23. The number of aliphatic imine (C=N–C) groups is 1. The Bertz CT molecular complexity index is 528. The van der Waals surface area contributed by atoms with Crippen LogP contribution in [0.2, 0.25) is 0 Å². The maximum absolute atomic E-state index is 5.69. The molecule has 0 amide bonds. The fraction of sp³-hybridized carbons (Fsp3) is 0.750. The van der Waals surface area contributed by atoms with E-state index < -0.39 is 0 Å². The summed E-state index contributed by atoms with van der Waals surface area (Å²) >= 11 is 1.69. The molecule has 24 heavy (non-hydrogen) atoms. The van der Waals surface area contributed by atoms with E-state index in [4.69, 9.17) is 14.5 Å². The van der Waals surface area contributed by atoms with Crippen molar-refractivity contribution in [3.63, 3.8) is 0 Å². The molecular weight excluding hydrogens is 439 g/mol. The van der Waals surface area contributed by atoms with E-state index in [0.29, 0.717) is 19.8 Å². The Hall–Kier alpha value is -0.450. The van der Waals surface area contributed by atoms with E-state index in [-0.39, 0.29) is 35.5 Å². The maximum Gasteiger partial charge on any atom is 0.194 e. The number of nitrogens with zero attached hydrogens (tertiary/aromatic N) is 3. The number of hydrogen-bond donors (Lipinski definition) is 1. The first-order valence-corrected chi connectivity index (χ1v) is 8.83. The lowest BCUT2D eigenvalue weighted by Gasteiger charge is -2.34. The zero-order chi connectivity index (χ0) is 16.9. The van der Waals surface area contributed by atoms with Gasteiger partial charge in [-0.05, 0) is 0 Å². The molecule has 1 aliphatic heterocycles. The minimum absolute atomic E-state index is 0. The summed E-state index contributed by atoms with van der Waals surface area (Å²) < 4.78 is 10.9. The Morgan fingerprint density at radius 3 is 2.88 bits per heavy atom. The summed E-state index contributed by atoms with van der Waals surface area (Å²) in [5, 5.41) is 6.63. The van der Waals surface area contributed by atoms with Crippen LogP contribution in [0.15, 0.2) is 10.4 Å². The number of guanidine groups is 1. The highest BCUT2D eigenvalue weighted by molar-refractivity contribution is 14.0. The number of methoxy groups -OCH3 is 1. The molecule has 0 spiro atoms. The van der Waals surface area contributed by atoms with Gasteiger partial charge in [-0.1, -0.05) is 20.8 Å².